The predicted molar refractivity (Wildman–Crippen MR) is 74.5 cm³/mol. The molecule has 2 rings (SSSR count). The summed E-state index contributed by atoms with van der Waals surface area (Å²) >= 11 is 0. The van der Waals surface area contributed by atoms with Crippen molar-refractivity contribution >= 4 is 5.97 Å². The van der Waals surface area contributed by atoms with E-state index >= 15 is 0 Å². The van der Waals surface area contributed by atoms with Crippen molar-refractivity contribution in [3.63, 3.8) is 0 Å². The fourth-order valence-corrected chi connectivity index (χ4v) is 1.79. The number of hydrogen-bond donors (Lipinski definition) is 1. The predicted octanol–water partition coefficient (Wildman–Crippen LogP) is 1.48. The van der Waals surface area contributed by atoms with Gasteiger partial charge in [-0.3, -0.25) is 0 Å². The van der Waals surface area contributed by atoms with E-state index in [-0.39, 0.29) is 24.5 Å². The van der Waals surface area contributed by atoms with E-state index in [1.54, 1.807) is 24.3 Å². The Hall–Kier alpha value is -3.08. The van der Waals surface area contributed by atoms with E-state index in [1.165, 1.54) is 4.68 Å². The highest BCUT2D eigenvalue weighted by atomic mass is 16.5. The van der Waals surface area contributed by atoms with Gasteiger partial charge in [0.2, 0.25) is 0 Å². The quantitative estimate of drug-likeness (QED) is 0.824. The van der Waals surface area contributed by atoms with Crippen molar-refractivity contribution in [1.29, 1.82) is 5.26 Å². The normalized spacial score (nSPS) is 10.0. The number of aromatic carboxylic acids is 1. The Kier molecular flexibility index (Phi) is 4.93. The van der Waals surface area contributed by atoms with Crippen LogP contribution in [0.15, 0.2) is 24.3 Å². The lowest BCUT2D eigenvalue weighted by Crippen LogP contribution is -2.11. The molecule has 0 spiro atoms. The van der Waals surface area contributed by atoms with Crippen LogP contribution in [0, 0.1) is 11.3 Å². The molecule has 0 unspecified atom stereocenters. The molecule has 0 aliphatic rings. The second-order valence-electron chi connectivity index (χ2n) is 4.20. The van der Waals surface area contributed by atoms with Gasteiger partial charge < -0.3 is 14.6 Å². The summed E-state index contributed by atoms with van der Waals surface area (Å²) in [6.07, 6.45) is 0. The molecule has 0 saturated heterocycles. The summed E-state index contributed by atoms with van der Waals surface area (Å²) in [6.45, 7) is 2.31. The van der Waals surface area contributed by atoms with Gasteiger partial charge in [-0.15, -0.1) is 5.10 Å². The van der Waals surface area contributed by atoms with Crippen LogP contribution >= 0.6 is 0 Å². The highest BCUT2D eigenvalue weighted by Gasteiger charge is 2.19. The zero-order valence-corrected chi connectivity index (χ0v) is 11.9. The van der Waals surface area contributed by atoms with Gasteiger partial charge >= 0.3 is 5.97 Å². The van der Waals surface area contributed by atoms with Gasteiger partial charge in [-0.1, -0.05) is 5.21 Å². The van der Waals surface area contributed by atoms with E-state index in [4.69, 9.17) is 19.8 Å². The Morgan fingerprint density at radius 3 is 2.50 bits per heavy atom. The number of benzene rings is 1. The van der Waals surface area contributed by atoms with Gasteiger partial charge in [0.1, 0.15) is 30.3 Å². The maximum absolute atomic E-state index is 11.1. The van der Waals surface area contributed by atoms with Crippen LogP contribution in [0.2, 0.25) is 0 Å². The first kappa shape index (κ1) is 15.3. The molecule has 0 radical (unpaired) electrons. The highest BCUT2D eigenvalue weighted by Crippen LogP contribution is 2.19. The second-order valence-corrected chi connectivity index (χ2v) is 4.20. The monoisotopic (exact) mass is 302 g/mol. The summed E-state index contributed by atoms with van der Waals surface area (Å²) < 4.78 is 12.1. The van der Waals surface area contributed by atoms with Gasteiger partial charge in [0.15, 0.2) is 5.69 Å². The summed E-state index contributed by atoms with van der Waals surface area (Å²) in [7, 11) is 0. The maximum atomic E-state index is 11.1. The van der Waals surface area contributed by atoms with E-state index in [0.717, 1.165) is 5.75 Å². The molecule has 1 N–H and O–H groups in total. The number of nitriles is 1. The fraction of sp³-hybridized carbons (Fsp3) is 0.286. The molecule has 0 aliphatic carbocycles. The molecule has 1 aromatic heterocycles. The number of ether oxygens (including phenoxy) is 2. The summed E-state index contributed by atoms with van der Waals surface area (Å²) in [6, 6.07) is 8.82. The molecule has 0 amide bonds. The Bertz CT molecular complexity index is 688. The van der Waals surface area contributed by atoms with E-state index in [9.17, 15) is 4.79 Å². The number of carbonyl (C=O) groups is 1. The van der Waals surface area contributed by atoms with Crippen LogP contribution in [0.5, 0.6) is 11.5 Å². The van der Waals surface area contributed by atoms with Crippen molar-refractivity contribution < 1.29 is 19.4 Å². The lowest BCUT2D eigenvalue weighted by Gasteiger charge is -2.08. The van der Waals surface area contributed by atoms with Crippen LogP contribution in [-0.2, 0) is 13.2 Å². The number of hydrogen-bond acceptors (Lipinski definition) is 6. The molecule has 1 heterocycles. The molecular formula is C14H14N4O4. The van der Waals surface area contributed by atoms with Gasteiger partial charge in [-0.25, -0.2) is 9.48 Å². The number of nitrogens with zero attached hydrogens (tertiary/aromatic N) is 4. The van der Waals surface area contributed by atoms with Gasteiger partial charge in [-0.05, 0) is 31.2 Å². The van der Waals surface area contributed by atoms with Crippen molar-refractivity contribution in [2.24, 2.45) is 0 Å². The molecule has 0 bridgehead atoms. The largest absolute Gasteiger partial charge is 0.494 e. The molecule has 114 valence electrons. The van der Waals surface area contributed by atoms with E-state index in [1.807, 2.05) is 13.0 Å². The SMILES string of the molecule is CCOc1ccc(OCc2c(C(=O)O)nnn2CC#N)cc1. The Morgan fingerprint density at radius 2 is 1.95 bits per heavy atom. The van der Waals surface area contributed by atoms with Crippen molar-refractivity contribution in [3.05, 3.63) is 35.7 Å². The Morgan fingerprint density at radius 1 is 1.32 bits per heavy atom. The minimum absolute atomic E-state index is 0.0513. The van der Waals surface area contributed by atoms with Crippen molar-refractivity contribution in [3.8, 4) is 17.6 Å². The number of carboxylic acids is 1. The van der Waals surface area contributed by atoms with Crippen molar-refractivity contribution in [1.82, 2.24) is 15.0 Å². The first-order valence-corrected chi connectivity index (χ1v) is 6.54. The topological polar surface area (TPSA) is 110 Å². The van der Waals surface area contributed by atoms with Gasteiger partial charge in [0.05, 0.1) is 12.7 Å². The number of aromatic nitrogens is 3. The lowest BCUT2D eigenvalue weighted by atomic mass is 10.3. The van der Waals surface area contributed by atoms with Crippen LogP contribution in [0.4, 0.5) is 0 Å². The van der Waals surface area contributed by atoms with Crippen molar-refractivity contribution in [2.75, 3.05) is 6.61 Å². The van der Waals surface area contributed by atoms with Crippen molar-refractivity contribution in [2.45, 2.75) is 20.1 Å². The third kappa shape index (κ3) is 3.52. The molecule has 1 aromatic carbocycles. The summed E-state index contributed by atoms with van der Waals surface area (Å²) in [5.41, 5.74) is 0.0177. The first-order chi connectivity index (χ1) is 10.7. The second kappa shape index (κ2) is 7.08. The lowest BCUT2D eigenvalue weighted by molar-refractivity contribution is 0.0687. The molecular weight excluding hydrogens is 288 g/mol. The van der Waals surface area contributed by atoms with Gasteiger partial charge in [-0.2, -0.15) is 5.26 Å². The van der Waals surface area contributed by atoms with Gasteiger partial charge in [0, 0.05) is 0 Å². The van der Waals surface area contributed by atoms with E-state index < -0.39 is 5.97 Å². The molecule has 2 aromatic rings. The Labute approximate surface area is 126 Å². The molecule has 0 saturated carbocycles. The maximum Gasteiger partial charge on any atom is 0.358 e. The molecule has 22 heavy (non-hydrogen) atoms. The zero-order valence-electron chi connectivity index (χ0n) is 11.9. The summed E-state index contributed by atoms with van der Waals surface area (Å²) in [4.78, 5) is 11.1. The van der Waals surface area contributed by atoms with Gasteiger partial charge in [0.25, 0.3) is 0 Å². The minimum Gasteiger partial charge on any atom is -0.494 e. The van der Waals surface area contributed by atoms with Crippen LogP contribution in [-0.4, -0.2) is 32.7 Å². The minimum atomic E-state index is -1.21. The first-order valence-electron chi connectivity index (χ1n) is 6.54. The van der Waals surface area contributed by atoms with Crippen LogP contribution in [0.25, 0.3) is 0 Å². The molecule has 0 atom stereocenters. The number of carboxylic acid groups (broad SMARTS) is 1. The summed E-state index contributed by atoms with van der Waals surface area (Å²) in [5.74, 6) is 0.0521. The van der Waals surface area contributed by atoms with Crippen LogP contribution < -0.4 is 9.47 Å². The summed E-state index contributed by atoms with van der Waals surface area (Å²) in [5, 5.41) is 25.0. The third-order valence-electron chi connectivity index (χ3n) is 2.77. The zero-order chi connectivity index (χ0) is 15.9. The highest BCUT2D eigenvalue weighted by molar-refractivity contribution is 5.86. The Balaban J connectivity index is 2.11. The average molecular weight is 302 g/mol. The third-order valence-corrected chi connectivity index (χ3v) is 2.77. The van der Waals surface area contributed by atoms with E-state index in [0.29, 0.717) is 12.4 Å². The van der Waals surface area contributed by atoms with E-state index in [2.05, 4.69) is 10.3 Å². The average Bonchev–Trinajstić information content (AvgIpc) is 2.90. The fourth-order valence-electron chi connectivity index (χ4n) is 1.79. The standard InChI is InChI=1S/C14H14N4O4/c1-2-21-10-3-5-11(6-4-10)22-9-12-13(14(19)20)16-17-18(12)8-7-15/h3-6H,2,8-9H2,1H3,(H,19,20). The van der Waals surface area contributed by atoms with Crippen LogP contribution in [0.3, 0.4) is 0 Å². The molecule has 8 heteroatoms. The van der Waals surface area contributed by atoms with Crippen LogP contribution in [0.1, 0.15) is 23.1 Å². The molecule has 8 nitrogen and oxygen atoms in total. The number of rotatable bonds is 7. The smallest absolute Gasteiger partial charge is 0.358 e. The molecule has 0 aliphatic heterocycles. The molecule has 0 fully saturated rings.